The molecule has 5 heteroatoms. The fourth-order valence-electron chi connectivity index (χ4n) is 1.96. The normalized spacial score (nSPS) is 10.6. The SMILES string of the molecule is COCc1nc(Cl)cc(N(C)Cc2ccccc2C)n1. The summed E-state index contributed by atoms with van der Waals surface area (Å²) in [6.07, 6.45) is 0. The van der Waals surface area contributed by atoms with Gasteiger partial charge in [0.25, 0.3) is 0 Å². The molecule has 1 aromatic heterocycles. The first-order valence-electron chi connectivity index (χ1n) is 6.38. The molecule has 0 atom stereocenters. The molecule has 0 saturated carbocycles. The van der Waals surface area contributed by atoms with Crippen molar-refractivity contribution in [3.05, 3.63) is 52.4 Å². The molecule has 106 valence electrons. The number of halogens is 1. The second kappa shape index (κ2) is 6.68. The Morgan fingerprint density at radius 1 is 1.25 bits per heavy atom. The van der Waals surface area contributed by atoms with Crippen LogP contribution < -0.4 is 4.90 Å². The Kier molecular flexibility index (Phi) is 4.93. The first-order chi connectivity index (χ1) is 9.60. The van der Waals surface area contributed by atoms with E-state index >= 15 is 0 Å². The zero-order chi connectivity index (χ0) is 14.5. The van der Waals surface area contributed by atoms with E-state index < -0.39 is 0 Å². The van der Waals surface area contributed by atoms with Gasteiger partial charge >= 0.3 is 0 Å². The van der Waals surface area contributed by atoms with Gasteiger partial charge in [0.2, 0.25) is 0 Å². The van der Waals surface area contributed by atoms with Gasteiger partial charge in [-0.2, -0.15) is 0 Å². The van der Waals surface area contributed by atoms with Crippen LogP contribution in [-0.2, 0) is 17.9 Å². The highest BCUT2D eigenvalue weighted by atomic mass is 35.5. The van der Waals surface area contributed by atoms with Gasteiger partial charge in [0, 0.05) is 26.8 Å². The van der Waals surface area contributed by atoms with Crippen LogP contribution in [0.25, 0.3) is 0 Å². The minimum Gasteiger partial charge on any atom is -0.377 e. The summed E-state index contributed by atoms with van der Waals surface area (Å²) in [6, 6.07) is 10.1. The highest BCUT2D eigenvalue weighted by Gasteiger charge is 2.09. The minimum absolute atomic E-state index is 0.353. The molecule has 0 fully saturated rings. The monoisotopic (exact) mass is 291 g/mol. The molecule has 4 nitrogen and oxygen atoms in total. The van der Waals surface area contributed by atoms with Crippen molar-refractivity contribution in [1.82, 2.24) is 9.97 Å². The summed E-state index contributed by atoms with van der Waals surface area (Å²) in [7, 11) is 3.60. The lowest BCUT2D eigenvalue weighted by Crippen LogP contribution is -2.19. The van der Waals surface area contributed by atoms with Crippen LogP contribution in [-0.4, -0.2) is 24.1 Å². The summed E-state index contributed by atoms with van der Waals surface area (Å²) in [5.74, 6) is 1.38. The maximum atomic E-state index is 6.03. The molecule has 2 rings (SSSR count). The second-order valence-corrected chi connectivity index (χ2v) is 5.07. The molecule has 0 bridgehead atoms. The van der Waals surface area contributed by atoms with Gasteiger partial charge in [0.15, 0.2) is 5.82 Å². The summed E-state index contributed by atoms with van der Waals surface area (Å²) in [5, 5.41) is 0.429. The summed E-state index contributed by atoms with van der Waals surface area (Å²) < 4.78 is 5.05. The zero-order valence-corrected chi connectivity index (χ0v) is 12.7. The van der Waals surface area contributed by atoms with Crippen LogP contribution in [0.4, 0.5) is 5.82 Å². The summed E-state index contributed by atoms with van der Waals surface area (Å²) >= 11 is 6.03. The molecular formula is C15H18ClN3O. The Labute approximate surface area is 124 Å². The largest absolute Gasteiger partial charge is 0.377 e. The zero-order valence-electron chi connectivity index (χ0n) is 11.9. The predicted molar refractivity (Wildman–Crippen MR) is 81.0 cm³/mol. The Hall–Kier alpha value is -1.65. The maximum Gasteiger partial charge on any atom is 0.158 e. The molecule has 0 aliphatic heterocycles. The van der Waals surface area contributed by atoms with Gasteiger partial charge in [-0.1, -0.05) is 35.9 Å². The van der Waals surface area contributed by atoms with Gasteiger partial charge in [0.1, 0.15) is 17.6 Å². The molecular weight excluding hydrogens is 274 g/mol. The van der Waals surface area contributed by atoms with Gasteiger partial charge < -0.3 is 9.64 Å². The second-order valence-electron chi connectivity index (χ2n) is 4.68. The van der Waals surface area contributed by atoms with Crippen LogP contribution in [0.15, 0.2) is 30.3 Å². The van der Waals surface area contributed by atoms with Crippen molar-refractivity contribution in [3.63, 3.8) is 0 Å². The first-order valence-corrected chi connectivity index (χ1v) is 6.76. The third-order valence-corrected chi connectivity index (χ3v) is 3.25. The van der Waals surface area contributed by atoms with E-state index in [4.69, 9.17) is 16.3 Å². The third-order valence-electron chi connectivity index (χ3n) is 3.06. The molecule has 0 amide bonds. The molecule has 1 heterocycles. The van der Waals surface area contributed by atoms with E-state index in [0.29, 0.717) is 17.6 Å². The van der Waals surface area contributed by atoms with E-state index in [1.165, 1.54) is 11.1 Å². The lowest BCUT2D eigenvalue weighted by Gasteiger charge is -2.20. The molecule has 0 saturated heterocycles. The van der Waals surface area contributed by atoms with E-state index in [-0.39, 0.29) is 0 Å². The van der Waals surface area contributed by atoms with E-state index in [2.05, 4.69) is 33.9 Å². The molecule has 1 aromatic carbocycles. The number of aromatic nitrogens is 2. The van der Waals surface area contributed by atoms with Crippen molar-refractivity contribution in [1.29, 1.82) is 0 Å². The average Bonchev–Trinajstić information content (AvgIpc) is 2.41. The number of anilines is 1. The number of nitrogens with zero attached hydrogens (tertiary/aromatic N) is 3. The van der Waals surface area contributed by atoms with Gasteiger partial charge in [-0.05, 0) is 18.1 Å². The quantitative estimate of drug-likeness (QED) is 0.793. The number of ether oxygens (including phenoxy) is 1. The standard InChI is InChI=1S/C15H18ClN3O/c1-11-6-4-5-7-12(11)9-19(2)15-8-13(16)17-14(18-15)10-20-3/h4-8H,9-10H2,1-3H3. The average molecular weight is 292 g/mol. The molecule has 2 aromatic rings. The van der Waals surface area contributed by atoms with Gasteiger partial charge in [-0.3, -0.25) is 0 Å². The maximum absolute atomic E-state index is 6.03. The fourth-order valence-corrected chi connectivity index (χ4v) is 2.16. The fraction of sp³-hybridized carbons (Fsp3) is 0.333. The molecule has 0 spiro atoms. The third kappa shape index (κ3) is 3.68. The van der Waals surface area contributed by atoms with Crippen LogP contribution in [0.2, 0.25) is 5.15 Å². The molecule has 0 N–H and O–H groups in total. The molecule has 0 radical (unpaired) electrons. The Morgan fingerprint density at radius 2 is 2.00 bits per heavy atom. The highest BCUT2D eigenvalue weighted by Crippen LogP contribution is 2.18. The molecule has 0 aliphatic carbocycles. The smallest absolute Gasteiger partial charge is 0.158 e. The van der Waals surface area contributed by atoms with Crippen molar-refractivity contribution in [2.24, 2.45) is 0 Å². The lowest BCUT2D eigenvalue weighted by atomic mass is 10.1. The number of rotatable bonds is 5. The summed E-state index contributed by atoms with van der Waals surface area (Å²) in [6.45, 7) is 3.23. The number of aryl methyl sites for hydroxylation is 1. The number of methoxy groups -OCH3 is 1. The van der Waals surface area contributed by atoms with E-state index in [0.717, 1.165) is 12.4 Å². The highest BCUT2D eigenvalue weighted by molar-refractivity contribution is 6.29. The first kappa shape index (κ1) is 14.8. The number of hydrogen-bond acceptors (Lipinski definition) is 4. The van der Waals surface area contributed by atoms with Crippen molar-refractivity contribution in [2.75, 3.05) is 19.1 Å². The molecule has 0 unspecified atom stereocenters. The number of hydrogen-bond donors (Lipinski definition) is 0. The Bertz CT molecular complexity index is 589. The molecule has 20 heavy (non-hydrogen) atoms. The van der Waals surface area contributed by atoms with Crippen molar-refractivity contribution in [3.8, 4) is 0 Å². The van der Waals surface area contributed by atoms with Crippen molar-refractivity contribution >= 4 is 17.4 Å². The predicted octanol–water partition coefficient (Wildman–Crippen LogP) is 3.22. The van der Waals surface area contributed by atoms with E-state index in [1.807, 2.05) is 19.2 Å². The Balaban J connectivity index is 2.20. The number of benzene rings is 1. The Morgan fingerprint density at radius 3 is 2.70 bits per heavy atom. The van der Waals surface area contributed by atoms with Crippen LogP contribution in [0.5, 0.6) is 0 Å². The summed E-state index contributed by atoms with van der Waals surface area (Å²) in [4.78, 5) is 10.6. The van der Waals surface area contributed by atoms with Crippen LogP contribution in [0, 0.1) is 6.92 Å². The summed E-state index contributed by atoms with van der Waals surface area (Å²) in [5.41, 5.74) is 2.52. The van der Waals surface area contributed by atoms with Gasteiger partial charge in [-0.15, -0.1) is 0 Å². The topological polar surface area (TPSA) is 38.2 Å². The molecule has 0 aliphatic rings. The minimum atomic E-state index is 0.353. The van der Waals surface area contributed by atoms with Crippen LogP contribution >= 0.6 is 11.6 Å². The van der Waals surface area contributed by atoms with E-state index in [1.54, 1.807) is 13.2 Å². The van der Waals surface area contributed by atoms with E-state index in [9.17, 15) is 0 Å². The van der Waals surface area contributed by atoms with Crippen molar-refractivity contribution in [2.45, 2.75) is 20.1 Å². The van der Waals surface area contributed by atoms with Crippen LogP contribution in [0.1, 0.15) is 17.0 Å². The van der Waals surface area contributed by atoms with Gasteiger partial charge in [-0.25, -0.2) is 9.97 Å². The van der Waals surface area contributed by atoms with Gasteiger partial charge in [0.05, 0.1) is 0 Å². The lowest BCUT2D eigenvalue weighted by molar-refractivity contribution is 0.178. The van der Waals surface area contributed by atoms with Crippen LogP contribution in [0.3, 0.4) is 0 Å². The van der Waals surface area contributed by atoms with Crippen molar-refractivity contribution < 1.29 is 4.74 Å².